The monoisotopic (exact) mass is 412 g/mol. The minimum atomic E-state index is 0.470. The van der Waals surface area contributed by atoms with Crippen LogP contribution in [0.4, 0.5) is 23.1 Å². The Morgan fingerprint density at radius 2 is 1.61 bits per heavy atom. The lowest BCUT2D eigenvalue weighted by Gasteiger charge is -2.14. The Labute approximate surface area is 178 Å². The van der Waals surface area contributed by atoms with Gasteiger partial charge in [0, 0.05) is 28.2 Å². The van der Waals surface area contributed by atoms with Crippen molar-refractivity contribution in [3.05, 3.63) is 66.9 Å². The van der Waals surface area contributed by atoms with E-state index in [0.717, 1.165) is 33.2 Å². The maximum atomic E-state index is 5.49. The molecule has 8 heteroatoms. The highest BCUT2D eigenvalue weighted by Crippen LogP contribution is 2.36. The third-order valence-electron chi connectivity index (χ3n) is 4.93. The number of fused-ring (bicyclic) bond motifs is 2. The first-order chi connectivity index (χ1) is 15.2. The van der Waals surface area contributed by atoms with Gasteiger partial charge in [-0.25, -0.2) is 4.98 Å². The maximum Gasteiger partial charge on any atom is 0.229 e. The highest BCUT2D eigenvalue weighted by atomic mass is 16.5. The number of aromatic nitrogens is 4. The van der Waals surface area contributed by atoms with Crippen molar-refractivity contribution in [2.45, 2.75) is 0 Å². The second kappa shape index (κ2) is 7.83. The van der Waals surface area contributed by atoms with E-state index >= 15 is 0 Å². The Morgan fingerprint density at radius 1 is 0.806 bits per heavy atom. The molecular weight excluding hydrogens is 392 g/mol. The van der Waals surface area contributed by atoms with Crippen LogP contribution in [0.25, 0.3) is 21.8 Å². The van der Waals surface area contributed by atoms with E-state index in [0.29, 0.717) is 23.3 Å². The molecular formula is C23H20N6O2. The summed E-state index contributed by atoms with van der Waals surface area (Å²) in [6.45, 7) is 0. The average molecular weight is 412 g/mol. The molecule has 0 saturated carbocycles. The first-order valence-electron chi connectivity index (χ1n) is 9.69. The molecule has 0 unspecified atom stereocenters. The summed E-state index contributed by atoms with van der Waals surface area (Å²) < 4.78 is 10.9. The molecule has 0 aliphatic rings. The zero-order valence-corrected chi connectivity index (χ0v) is 17.0. The summed E-state index contributed by atoms with van der Waals surface area (Å²) in [6, 6.07) is 19.5. The standard InChI is InChI=1S/C23H20N6O2/c1-30-20-11-17-19(12-21(20)31-2)27-23(26-15-6-4-3-5-7-15)28-22(17)25-16-8-9-18-14(10-16)13-24-29-18/h3-13H,1-2H3,(H,24,29)(H2,25,26,27,28). The molecule has 2 aromatic heterocycles. The quantitative estimate of drug-likeness (QED) is 0.361. The van der Waals surface area contributed by atoms with Crippen molar-refractivity contribution in [1.82, 2.24) is 20.2 Å². The molecule has 31 heavy (non-hydrogen) atoms. The van der Waals surface area contributed by atoms with Crippen LogP contribution in [0.5, 0.6) is 11.5 Å². The van der Waals surface area contributed by atoms with Crippen molar-refractivity contribution < 1.29 is 9.47 Å². The number of hydrogen-bond acceptors (Lipinski definition) is 7. The highest BCUT2D eigenvalue weighted by molar-refractivity contribution is 5.95. The van der Waals surface area contributed by atoms with Gasteiger partial charge in [-0.15, -0.1) is 0 Å². The van der Waals surface area contributed by atoms with Gasteiger partial charge in [0.05, 0.1) is 31.4 Å². The summed E-state index contributed by atoms with van der Waals surface area (Å²) in [6.07, 6.45) is 1.79. The molecule has 3 aromatic carbocycles. The number of H-pyrrole nitrogens is 1. The lowest BCUT2D eigenvalue weighted by Crippen LogP contribution is -2.03. The molecule has 0 fully saturated rings. The first kappa shape index (κ1) is 18.7. The van der Waals surface area contributed by atoms with E-state index in [4.69, 9.17) is 14.5 Å². The molecule has 2 heterocycles. The van der Waals surface area contributed by atoms with Gasteiger partial charge in [0.15, 0.2) is 11.5 Å². The van der Waals surface area contributed by atoms with Gasteiger partial charge in [0.1, 0.15) is 5.82 Å². The van der Waals surface area contributed by atoms with E-state index in [-0.39, 0.29) is 0 Å². The number of rotatable bonds is 6. The summed E-state index contributed by atoms with van der Waals surface area (Å²) in [5.41, 5.74) is 3.47. The second-order valence-electron chi connectivity index (χ2n) is 6.91. The molecule has 0 amide bonds. The third-order valence-corrected chi connectivity index (χ3v) is 4.93. The number of aromatic amines is 1. The number of ether oxygens (including phenoxy) is 2. The van der Waals surface area contributed by atoms with Crippen LogP contribution in [0.2, 0.25) is 0 Å². The van der Waals surface area contributed by atoms with Gasteiger partial charge in [0.25, 0.3) is 0 Å². The predicted molar refractivity (Wildman–Crippen MR) is 122 cm³/mol. The summed E-state index contributed by atoms with van der Waals surface area (Å²) in [5.74, 6) is 2.32. The maximum absolute atomic E-state index is 5.49. The molecule has 0 aliphatic heterocycles. The molecule has 3 N–H and O–H groups in total. The third kappa shape index (κ3) is 3.66. The minimum Gasteiger partial charge on any atom is -0.493 e. The molecule has 154 valence electrons. The van der Waals surface area contributed by atoms with E-state index in [2.05, 4.69) is 25.8 Å². The number of nitrogens with zero attached hydrogens (tertiary/aromatic N) is 3. The summed E-state index contributed by atoms with van der Waals surface area (Å²) in [5, 5.41) is 15.5. The number of para-hydroxylation sites is 1. The molecule has 0 saturated heterocycles. The van der Waals surface area contributed by atoms with Crippen LogP contribution in [0.15, 0.2) is 66.9 Å². The summed E-state index contributed by atoms with van der Waals surface area (Å²) in [7, 11) is 3.21. The Balaban J connectivity index is 1.63. The van der Waals surface area contributed by atoms with Crippen LogP contribution in [-0.4, -0.2) is 34.4 Å². The number of benzene rings is 3. The Morgan fingerprint density at radius 3 is 2.42 bits per heavy atom. The van der Waals surface area contributed by atoms with Crippen molar-refractivity contribution in [3.63, 3.8) is 0 Å². The highest BCUT2D eigenvalue weighted by Gasteiger charge is 2.14. The molecule has 0 aliphatic carbocycles. The topological polar surface area (TPSA) is 97.0 Å². The zero-order valence-electron chi connectivity index (χ0n) is 17.0. The van der Waals surface area contributed by atoms with Crippen molar-refractivity contribution in [2.75, 3.05) is 24.9 Å². The van der Waals surface area contributed by atoms with Crippen LogP contribution >= 0.6 is 0 Å². The normalized spacial score (nSPS) is 10.9. The molecule has 0 bridgehead atoms. The predicted octanol–water partition coefficient (Wildman–Crippen LogP) is 5.01. The Bertz CT molecular complexity index is 1370. The fraction of sp³-hybridized carbons (Fsp3) is 0.0870. The average Bonchev–Trinajstić information content (AvgIpc) is 3.27. The SMILES string of the molecule is COc1cc2nc(Nc3ccccc3)nc(Nc3ccc4[nH]ncc4c3)c2cc1OC. The largest absolute Gasteiger partial charge is 0.493 e. The van der Waals surface area contributed by atoms with Gasteiger partial charge in [-0.05, 0) is 36.4 Å². The van der Waals surface area contributed by atoms with Gasteiger partial charge < -0.3 is 20.1 Å². The van der Waals surface area contributed by atoms with Crippen LogP contribution in [0, 0.1) is 0 Å². The van der Waals surface area contributed by atoms with E-state index in [1.807, 2.05) is 60.7 Å². The van der Waals surface area contributed by atoms with Crippen LogP contribution in [0.3, 0.4) is 0 Å². The fourth-order valence-corrected chi connectivity index (χ4v) is 3.41. The Hall–Kier alpha value is -4.33. The fourth-order valence-electron chi connectivity index (χ4n) is 3.41. The second-order valence-corrected chi connectivity index (χ2v) is 6.91. The van der Waals surface area contributed by atoms with Crippen molar-refractivity contribution in [1.29, 1.82) is 0 Å². The summed E-state index contributed by atoms with van der Waals surface area (Å²) >= 11 is 0. The first-order valence-corrected chi connectivity index (χ1v) is 9.69. The lowest BCUT2D eigenvalue weighted by molar-refractivity contribution is 0.356. The molecule has 0 atom stereocenters. The number of nitrogens with one attached hydrogen (secondary N) is 3. The molecule has 8 nitrogen and oxygen atoms in total. The van der Waals surface area contributed by atoms with Crippen LogP contribution < -0.4 is 20.1 Å². The van der Waals surface area contributed by atoms with Crippen molar-refractivity contribution >= 4 is 44.9 Å². The van der Waals surface area contributed by atoms with E-state index in [1.54, 1.807) is 20.4 Å². The minimum absolute atomic E-state index is 0.470. The lowest BCUT2D eigenvalue weighted by atomic mass is 10.2. The van der Waals surface area contributed by atoms with Gasteiger partial charge in [-0.3, -0.25) is 5.10 Å². The zero-order chi connectivity index (χ0) is 21.2. The van der Waals surface area contributed by atoms with Gasteiger partial charge in [0.2, 0.25) is 5.95 Å². The van der Waals surface area contributed by atoms with Crippen molar-refractivity contribution in [3.8, 4) is 11.5 Å². The van der Waals surface area contributed by atoms with Crippen LogP contribution in [-0.2, 0) is 0 Å². The molecule has 0 radical (unpaired) electrons. The molecule has 5 rings (SSSR count). The van der Waals surface area contributed by atoms with Crippen LogP contribution in [0.1, 0.15) is 0 Å². The number of hydrogen-bond donors (Lipinski definition) is 3. The van der Waals surface area contributed by atoms with Gasteiger partial charge in [-0.1, -0.05) is 18.2 Å². The Kier molecular flexibility index (Phi) is 4.72. The van der Waals surface area contributed by atoms with Gasteiger partial charge in [-0.2, -0.15) is 10.1 Å². The smallest absolute Gasteiger partial charge is 0.229 e. The van der Waals surface area contributed by atoms with Crippen molar-refractivity contribution in [2.24, 2.45) is 0 Å². The van der Waals surface area contributed by atoms with Gasteiger partial charge >= 0.3 is 0 Å². The van der Waals surface area contributed by atoms with E-state index in [9.17, 15) is 0 Å². The molecule has 5 aromatic rings. The van der Waals surface area contributed by atoms with E-state index in [1.165, 1.54) is 0 Å². The number of methoxy groups -OCH3 is 2. The summed E-state index contributed by atoms with van der Waals surface area (Å²) in [4.78, 5) is 9.42. The molecule has 0 spiro atoms. The van der Waals surface area contributed by atoms with E-state index < -0.39 is 0 Å². The number of anilines is 4.